The van der Waals surface area contributed by atoms with Crippen molar-refractivity contribution in [3.8, 4) is 11.5 Å². The van der Waals surface area contributed by atoms with E-state index in [1.165, 1.54) is 7.11 Å². The second-order valence-corrected chi connectivity index (χ2v) is 21.6. The van der Waals surface area contributed by atoms with E-state index in [1.54, 1.807) is 33.2 Å². The number of carbonyl (C=O) groups excluding carboxylic acids is 4. The Kier molecular flexibility index (Phi) is 14.6. The number of rotatable bonds is 17. The Bertz CT molecular complexity index is 2930. The van der Waals surface area contributed by atoms with Gasteiger partial charge < -0.3 is 44.2 Å². The van der Waals surface area contributed by atoms with Crippen LogP contribution in [0.4, 0.5) is 11.4 Å². The molecule has 14 heteroatoms. The second kappa shape index (κ2) is 21.1. The van der Waals surface area contributed by atoms with Crippen LogP contribution in [0.25, 0.3) is 10.8 Å². The number of carbonyl (C=O) groups is 4. The third kappa shape index (κ3) is 9.32. The zero-order valence-corrected chi connectivity index (χ0v) is 44.0. The first-order chi connectivity index (χ1) is 35.7. The molecule has 2 saturated heterocycles. The smallest absolute Gasteiger partial charge is 0.264 e. The molecule has 5 aromatic carbocycles. The van der Waals surface area contributed by atoms with Crippen molar-refractivity contribution in [2.45, 2.75) is 107 Å². The van der Waals surface area contributed by atoms with Crippen molar-refractivity contribution < 1.29 is 38.5 Å². The van der Waals surface area contributed by atoms with E-state index in [4.69, 9.17) is 14.2 Å². The summed E-state index contributed by atoms with van der Waals surface area (Å²) < 4.78 is 18.8. The first-order valence-corrected chi connectivity index (χ1v) is 26.6. The summed E-state index contributed by atoms with van der Waals surface area (Å²) in [6, 6.07) is 32.2. The van der Waals surface area contributed by atoms with E-state index in [-0.39, 0.29) is 66.6 Å². The van der Waals surface area contributed by atoms with Gasteiger partial charge in [-0.1, -0.05) is 86.6 Å². The fourth-order valence-corrected chi connectivity index (χ4v) is 12.8. The topological polar surface area (TPSA) is 144 Å². The Balaban J connectivity index is 0.820. The van der Waals surface area contributed by atoms with Crippen LogP contribution in [0.2, 0.25) is 0 Å². The maximum Gasteiger partial charge on any atom is 0.264 e. The van der Waals surface area contributed by atoms with E-state index >= 15 is 0 Å². The minimum absolute atomic E-state index is 0.0362. The Morgan fingerprint density at radius 3 is 2.20 bits per heavy atom. The molecule has 0 spiro atoms. The molecule has 5 aliphatic rings. The number of aliphatic hydroxyl groups excluding tert-OH is 1. The van der Waals surface area contributed by atoms with Gasteiger partial charge in [-0.3, -0.25) is 24.1 Å². The number of aliphatic hydroxyl groups is 1. The van der Waals surface area contributed by atoms with Gasteiger partial charge in [0.1, 0.15) is 17.6 Å². The molecule has 14 nitrogen and oxygen atoms in total. The molecule has 2 fully saturated rings. The molecular formula is C60H72N6O8. The summed E-state index contributed by atoms with van der Waals surface area (Å²) in [7, 11) is 8.23. The zero-order chi connectivity index (χ0) is 52.0. The molecule has 10 rings (SSSR count). The Labute approximate surface area is 435 Å². The normalized spacial score (nSPS) is 22.6. The average Bonchev–Trinajstić information content (AvgIpc) is 3.96. The summed E-state index contributed by atoms with van der Waals surface area (Å²) in [5.41, 5.74) is 6.24. The van der Waals surface area contributed by atoms with Crippen LogP contribution < -0.4 is 24.6 Å². The lowest BCUT2D eigenvalue weighted by Gasteiger charge is -2.41. The lowest BCUT2D eigenvalue weighted by molar-refractivity contribution is -0.146. The number of amides is 4. The van der Waals surface area contributed by atoms with Gasteiger partial charge >= 0.3 is 0 Å². The number of hydrogen-bond donors (Lipinski definition) is 2. The zero-order valence-electron chi connectivity index (χ0n) is 44.0. The van der Waals surface area contributed by atoms with Gasteiger partial charge in [0, 0.05) is 103 Å². The van der Waals surface area contributed by atoms with Crippen LogP contribution in [-0.2, 0) is 35.9 Å². The highest BCUT2D eigenvalue weighted by Crippen LogP contribution is 2.51. The van der Waals surface area contributed by atoms with Crippen LogP contribution >= 0.6 is 0 Å². The highest BCUT2D eigenvalue weighted by atomic mass is 16.5. The maximum absolute atomic E-state index is 14.4. The second-order valence-electron chi connectivity index (χ2n) is 21.6. The Hall–Kier alpha value is -6.32. The molecule has 0 saturated carbocycles. The molecule has 74 heavy (non-hydrogen) atoms. The minimum Gasteiger partial charge on any atom is -0.497 e. The summed E-state index contributed by atoms with van der Waals surface area (Å²) in [5.74, 6) is 0.841. The fourth-order valence-electron chi connectivity index (χ4n) is 12.8. The molecule has 0 aromatic heterocycles. The first kappa shape index (κ1) is 51.2. The number of methoxy groups -OCH3 is 2. The summed E-state index contributed by atoms with van der Waals surface area (Å²) in [4.78, 5) is 64.2. The van der Waals surface area contributed by atoms with E-state index < -0.39 is 17.6 Å². The lowest BCUT2D eigenvalue weighted by Crippen LogP contribution is -2.51. The van der Waals surface area contributed by atoms with Gasteiger partial charge in [-0.25, -0.2) is 0 Å². The molecule has 0 bridgehead atoms. The molecular weight excluding hydrogens is 933 g/mol. The molecule has 4 unspecified atom stereocenters. The van der Waals surface area contributed by atoms with Gasteiger partial charge in [0.2, 0.25) is 17.7 Å². The number of ether oxygens (including phenoxy) is 3. The number of nitrogens with zero attached hydrogens (tertiary/aromatic N) is 5. The number of hydrogen-bond acceptors (Lipinski definition) is 10. The van der Waals surface area contributed by atoms with Crippen LogP contribution in [-0.4, -0.2) is 130 Å². The van der Waals surface area contributed by atoms with Gasteiger partial charge in [-0.2, -0.15) is 0 Å². The van der Waals surface area contributed by atoms with Gasteiger partial charge in [0.25, 0.3) is 5.91 Å². The van der Waals surface area contributed by atoms with Crippen LogP contribution in [0.3, 0.4) is 0 Å². The molecule has 5 aromatic rings. The number of para-hydroxylation sites is 2. The van der Waals surface area contributed by atoms with Crippen LogP contribution in [0.1, 0.15) is 110 Å². The Morgan fingerprint density at radius 2 is 1.50 bits per heavy atom. The first-order valence-electron chi connectivity index (χ1n) is 26.6. The molecule has 4 aliphatic heterocycles. The summed E-state index contributed by atoms with van der Waals surface area (Å²) >= 11 is 0. The number of fused-ring (bicyclic) bond motifs is 2. The minimum atomic E-state index is -1.39. The van der Waals surface area contributed by atoms with E-state index in [9.17, 15) is 24.3 Å². The Morgan fingerprint density at radius 1 is 0.811 bits per heavy atom. The van der Waals surface area contributed by atoms with Crippen LogP contribution in [0, 0.1) is 5.92 Å². The third-order valence-corrected chi connectivity index (χ3v) is 16.8. The number of piperidine rings is 2. The van der Waals surface area contributed by atoms with E-state index in [0.717, 1.165) is 100 Å². The molecule has 1 aliphatic carbocycles. The monoisotopic (exact) mass is 1000 g/mol. The van der Waals surface area contributed by atoms with Crippen molar-refractivity contribution in [1.29, 1.82) is 0 Å². The van der Waals surface area contributed by atoms with Gasteiger partial charge in [-0.05, 0) is 94.8 Å². The highest BCUT2D eigenvalue weighted by molar-refractivity contribution is 6.09. The van der Waals surface area contributed by atoms with Crippen molar-refractivity contribution in [2.75, 3.05) is 77.9 Å². The number of likely N-dealkylation sites (tertiary alicyclic amines) is 2. The number of benzene rings is 5. The van der Waals surface area contributed by atoms with Crippen LogP contribution in [0.5, 0.6) is 11.5 Å². The van der Waals surface area contributed by atoms with Crippen LogP contribution in [0.15, 0.2) is 97.1 Å². The van der Waals surface area contributed by atoms with Gasteiger partial charge in [0.05, 0.1) is 37.3 Å². The van der Waals surface area contributed by atoms with Gasteiger partial charge in [-0.15, -0.1) is 0 Å². The molecule has 390 valence electrons. The quantitative estimate of drug-likeness (QED) is 0.0945. The van der Waals surface area contributed by atoms with Gasteiger partial charge in [0.15, 0.2) is 5.60 Å². The van der Waals surface area contributed by atoms with E-state index in [1.807, 2.05) is 82.6 Å². The maximum atomic E-state index is 14.4. The molecule has 2 N–H and O–H groups in total. The summed E-state index contributed by atoms with van der Waals surface area (Å²) in [5, 5.41) is 17.0. The molecule has 4 amide bonds. The SMILES string of the molecule is CNC(=O)CC1(OC)C(=O)N(C2CCN(C3c4cc(Cc5ccc(OC)cc5OC(CCN5CCC(N6C(=O)C(CC(=O)N(C)C)c7ccccc76)CC5)C(C)C)cc5cccc(c45)[C@@H]3O)CC2)c2ccccc21. The average molecular weight is 1010 g/mol. The standard InChI is InChI=1S/C60H72N6O8/c1-37(2)51(25-28-63-26-21-41(22-27-63)65-49-17-10-8-14-44(49)46(58(65)70)35-54(68)62(4)5)74-52-34-43(72-6)20-19-39(52)31-38-32-40-13-12-15-45-55(40)47(33-38)56(57(45)69)64-29-23-42(24-30-64)66-50-18-11-9-16-48(50)60(73-7,59(66)71)36-53(67)61-3/h8-20,32-34,37,41-42,46,51,56-57,69H,21-31,35-36H2,1-7H3,(H,61,67)/t46?,51?,56?,57-,60?/m0/s1. The van der Waals surface area contributed by atoms with Crippen molar-refractivity contribution in [3.05, 3.63) is 130 Å². The fraction of sp³-hybridized carbons (Fsp3) is 0.467. The van der Waals surface area contributed by atoms with Crippen molar-refractivity contribution >= 4 is 45.8 Å². The van der Waals surface area contributed by atoms with Crippen molar-refractivity contribution in [3.63, 3.8) is 0 Å². The lowest BCUT2D eigenvalue weighted by atomic mass is 9.91. The number of anilines is 2. The third-order valence-electron chi connectivity index (χ3n) is 16.8. The molecule has 4 heterocycles. The summed E-state index contributed by atoms with van der Waals surface area (Å²) in [6.45, 7) is 8.37. The summed E-state index contributed by atoms with van der Waals surface area (Å²) in [6.07, 6.45) is 3.87. The number of nitrogens with one attached hydrogen (secondary N) is 1. The molecule has 0 radical (unpaired) electrons. The van der Waals surface area contributed by atoms with E-state index in [0.29, 0.717) is 37.9 Å². The highest BCUT2D eigenvalue weighted by Gasteiger charge is 2.55. The largest absolute Gasteiger partial charge is 0.497 e. The predicted molar refractivity (Wildman–Crippen MR) is 287 cm³/mol. The van der Waals surface area contributed by atoms with Crippen molar-refractivity contribution in [2.24, 2.45) is 5.92 Å². The van der Waals surface area contributed by atoms with E-state index in [2.05, 4.69) is 53.2 Å². The van der Waals surface area contributed by atoms with Crippen molar-refractivity contribution in [1.82, 2.24) is 20.0 Å². The predicted octanol–water partition coefficient (Wildman–Crippen LogP) is 7.88. The molecule has 5 atom stereocenters.